The van der Waals surface area contributed by atoms with Gasteiger partial charge in [0.2, 0.25) is 0 Å². The molecule has 0 aliphatic heterocycles. The van der Waals surface area contributed by atoms with Gasteiger partial charge in [0.15, 0.2) is 0 Å². The maximum atomic E-state index is 4.19. The lowest BCUT2D eigenvalue weighted by Gasteiger charge is -2.05. The van der Waals surface area contributed by atoms with Gasteiger partial charge in [-0.1, -0.05) is 22.0 Å². The first kappa shape index (κ1) is 9.40. The average molecular weight is 348 g/mol. The van der Waals surface area contributed by atoms with Crippen molar-refractivity contribution in [1.29, 1.82) is 0 Å². The molecular weight excluding hydrogens is 341 g/mol. The van der Waals surface area contributed by atoms with E-state index in [1.807, 2.05) is 12.4 Å². The van der Waals surface area contributed by atoms with Crippen LogP contribution in [0.4, 0.5) is 0 Å². The van der Waals surface area contributed by atoms with Gasteiger partial charge in [-0.05, 0) is 41.1 Å². The van der Waals surface area contributed by atoms with Crippen LogP contribution in [-0.4, -0.2) is 4.98 Å². The smallest absolute Gasteiger partial charge is 0.0408 e. The summed E-state index contributed by atoms with van der Waals surface area (Å²) >= 11 is 5.86. The van der Waals surface area contributed by atoms with Gasteiger partial charge in [0.25, 0.3) is 0 Å². The minimum atomic E-state index is 1.14. The maximum absolute atomic E-state index is 4.19. The molecule has 2 aromatic rings. The number of nitrogens with zero attached hydrogens (tertiary/aromatic N) is 1. The largest absolute Gasteiger partial charge is 0.263 e. The summed E-state index contributed by atoms with van der Waals surface area (Å²) in [6, 6.07) is 4.18. The lowest BCUT2D eigenvalue weighted by molar-refractivity contribution is 1.33. The van der Waals surface area contributed by atoms with Crippen molar-refractivity contribution in [2.45, 2.75) is 6.92 Å². The van der Waals surface area contributed by atoms with E-state index in [0.29, 0.717) is 0 Å². The molecule has 1 aromatic carbocycles. The third kappa shape index (κ3) is 1.59. The molecule has 0 bridgehead atoms. The number of aromatic nitrogens is 1. The molecular formula is C10H7BrIN. The fraction of sp³-hybridized carbons (Fsp3) is 0.100. The number of aryl methyl sites for hydroxylation is 1. The molecule has 0 atom stereocenters. The third-order valence-corrected chi connectivity index (χ3v) is 3.52. The second-order valence-corrected chi connectivity index (χ2v) is 4.92. The Morgan fingerprint density at radius 3 is 2.77 bits per heavy atom. The quantitative estimate of drug-likeness (QED) is 0.658. The molecule has 3 heteroatoms. The zero-order chi connectivity index (χ0) is 9.42. The Hall–Kier alpha value is -0.160. The van der Waals surface area contributed by atoms with E-state index in [1.54, 1.807) is 0 Å². The molecule has 1 nitrogen and oxygen atoms in total. The summed E-state index contributed by atoms with van der Waals surface area (Å²) in [6.07, 6.45) is 3.80. The van der Waals surface area contributed by atoms with Gasteiger partial charge in [-0.3, -0.25) is 4.98 Å². The van der Waals surface area contributed by atoms with Crippen LogP contribution in [0.25, 0.3) is 10.8 Å². The molecule has 0 saturated carbocycles. The number of halogens is 2. The molecule has 0 N–H and O–H groups in total. The van der Waals surface area contributed by atoms with Gasteiger partial charge in [0, 0.05) is 31.2 Å². The molecule has 1 heterocycles. The van der Waals surface area contributed by atoms with Crippen molar-refractivity contribution < 1.29 is 0 Å². The van der Waals surface area contributed by atoms with Crippen LogP contribution in [0.1, 0.15) is 5.56 Å². The van der Waals surface area contributed by atoms with Gasteiger partial charge < -0.3 is 0 Å². The van der Waals surface area contributed by atoms with E-state index < -0.39 is 0 Å². The van der Waals surface area contributed by atoms with Gasteiger partial charge in [-0.15, -0.1) is 0 Å². The lowest BCUT2D eigenvalue weighted by atomic mass is 10.1. The summed E-state index contributed by atoms with van der Waals surface area (Å²) < 4.78 is 2.32. The Bertz CT molecular complexity index is 459. The normalized spacial score (nSPS) is 10.7. The SMILES string of the molecule is Cc1ccc(Br)c2c(I)cncc12. The fourth-order valence-corrected chi connectivity index (χ4v) is 3.02. The van der Waals surface area contributed by atoms with Crippen molar-refractivity contribution in [1.82, 2.24) is 4.98 Å². The topological polar surface area (TPSA) is 12.9 Å². The molecule has 0 saturated heterocycles. The van der Waals surface area contributed by atoms with E-state index in [-0.39, 0.29) is 0 Å². The van der Waals surface area contributed by atoms with E-state index in [4.69, 9.17) is 0 Å². The lowest BCUT2D eigenvalue weighted by Crippen LogP contribution is -1.85. The van der Waals surface area contributed by atoms with Gasteiger partial charge in [0.05, 0.1) is 0 Å². The highest BCUT2D eigenvalue weighted by Gasteiger charge is 2.04. The highest BCUT2D eigenvalue weighted by atomic mass is 127. The van der Waals surface area contributed by atoms with Gasteiger partial charge >= 0.3 is 0 Å². The second-order valence-electron chi connectivity index (χ2n) is 2.91. The monoisotopic (exact) mass is 347 g/mol. The molecule has 66 valence electrons. The third-order valence-electron chi connectivity index (χ3n) is 2.04. The van der Waals surface area contributed by atoms with Crippen LogP contribution in [0.2, 0.25) is 0 Å². The van der Waals surface area contributed by atoms with Crippen molar-refractivity contribution >= 4 is 49.3 Å². The Labute approximate surface area is 98.8 Å². The fourth-order valence-electron chi connectivity index (χ4n) is 1.35. The van der Waals surface area contributed by atoms with Gasteiger partial charge in [-0.2, -0.15) is 0 Å². The van der Waals surface area contributed by atoms with Crippen LogP contribution in [-0.2, 0) is 0 Å². The molecule has 0 fully saturated rings. The summed E-state index contributed by atoms with van der Waals surface area (Å²) in [5.74, 6) is 0. The van der Waals surface area contributed by atoms with Crippen LogP contribution in [0.5, 0.6) is 0 Å². The van der Waals surface area contributed by atoms with E-state index in [1.165, 1.54) is 19.9 Å². The number of rotatable bonds is 0. The van der Waals surface area contributed by atoms with E-state index in [0.717, 1.165) is 4.47 Å². The van der Waals surface area contributed by atoms with Crippen LogP contribution >= 0.6 is 38.5 Å². The van der Waals surface area contributed by atoms with Crippen molar-refractivity contribution in [3.8, 4) is 0 Å². The van der Waals surface area contributed by atoms with E-state index in [2.05, 4.69) is 62.6 Å². The number of fused-ring (bicyclic) bond motifs is 1. The minimum Gasteiger partial charge on any atom is -0.263 e. The molecule has 2 rings (SSSR count). The first-order chi connectivity index (χ1) is 6.20. The van der Waals surface area contributed by atoms with Crippen molar-refractivity contribution in [3.63, 3.8) is 0 Å². The second kappa shape index (κ2) is 3.53. The van der Waals surface area contributed by atoms with E-state index in [9.17, 15) is 0 Å². The van der Waals surface area contributed by atoms with Crippen LogP contribution < -0.4 is 0 Å². The van der Waals surface area contributed by atoms with Crippen molar-refractivity contribution in [2.24, 2.45) is 0 Å². The zero-order valence-corrected chi connectivity index (χ0v) is 10.8. The number of hydrogen-bond donors (Lipinski definition) is 0. The average Bonchev–Trinajstić information content (AvgIpc) is 2.12. The predicted octanol–water partition coefficient (Wildman–Crippen LogP) is 3.91. The number of hydrogen-bond acceptors (Lipinski definition) is 1. The van der Waals surface area contributed by atoms with Crippen molar-refractivity contribution in [2.75, 3.05) is 0 Å². The molecule has 0 unspecified atom stereocenters. The van der Waals surface area contributed by atoms with Gasteiger partial charge in [0.1, 0.15) is 0 Å². The summed E-state index contributed by atoms with van der Waals surface area (Å²) in [6.45, 7) is 2.10. The zero-order valence-electron chi connectivity index (χ0n) is 7.01. The van der Waals surface area contributed by atoms with E-state index >= 15 is 0 Å². The first-order valence-electron chi connectivity index (χ1n) is 3.88. The highest BCUT2D eigenvalue weighted by Crippen LogP contribution is 2.29. The Balaban J connectivity index is 3.00. The predicted molar refractivity (Wildman–Crippen MR) is 66.9 cm³/mol. The Morgan fingerprint density at radius 2 is 2.08 bits per heavy atom. The van der Waals surface area contributed by atoms with Crippen molar-refractivity contribution in [3.05, 3.63) is 38.1 Å². The summed E-state index contributed by atoms with van der Waals surface area (Å²) in [5.41, 5.74) is 1.27. The molecule has 13 heavy (non-hydrogen) atoms. The minimum absolute atomic E-state index is 1.14. The molecule has 0 aliphatic rings. The standard InChI is InChI=1S/C10H7BrIN/c1-6-2-3-8(11)10-7(6)4-13-5-9(10)12/h2-5H,1H3. The Kier molecular flexibility index (Phi) is 2.55. The van der Waals surface area contributed by atoms with Crippen LogP contribution in [0, 0.1) is 10.5 Å². The molecule has 1 aromatic heterocycles. The van der Waals surface area contributed by atoms with Gasteiger partial charge in [-0.25, -0.2) is 0 Å². The first-order valence-corrected chi connectivity index (χ1v) is 5.75. The maximum Gasteiger partial charge on any atom is 0.0408 e. The molecule has 0 spiro atoms. The number of pyridine rings is 1. The summed E-state index contributed by atoms with van der Waals surface area (Å²) in [5, 5.41) is 2.48. The molecule has 0 radical (unpaired) electrons. The van der Waals surface area contributed by atoms with Crippen LogP contribution in [0.3, 0.4) is 0 Å². The summed E-state index contributed by atoms with van der Waals surface area (Å²) in [4.78, 5) is 4.19. The molecule has 0 aliphatic carbocycles. The van der Waals surface area contributed by atoms with Crippen LogP contribution in [0.15, 0.2) is 29.0 Å². The summed E-state index contributed by atoms with van der Waals surface area (Å²) in [7, 11) is 0. The molecule has 0 amide bonds. The highest BCUT2D eigenvalue weighted by molar-refractivity contribution is 14.1. The Morgan fingerprint density at radius 1 is 1.31 bits per heavy atom. The number of benzene rings is 1.